The van der Waals surface area contributed by atoms with E-state index in [9.17, 15) is 4.79 Å². The first-order valence-electron chi connectivity index (χ1n) is 8.92. The van der Waals surface area contributed by atoms with Crippen molar-refractivity contribution < 1.29 is 4.79 Å². The lowest BCUT2D eigenvalue weighted by Gasteiger charge is -2.24. The molecule has 0 radical (unpaired) electrons. The van der Waals surface area contributed by atoms with Crippen LogP contribution in [0.4, 0.5) is 4.79 Å². The number of carbonyl (C=O) groups excluding carboxylic acids is 1. The highest BCUT2D eigenvalue weighted by molar-refractivity contribution is 5.73. The highest BCUT2D eigenvalue weighted by Gasteiger charge is 2.13. The monoisotopic (exact) mass is 321 g/mol. The van der Waals surface area contributed by atoms with Crippen LogP contribution in [0.1, 0.15) is 44.9 Å². The number of urea groups is 1. The summed E-state index contributed by atoms with van der Waals surface area (Å²) in [6, 6.07) is -0.0223. The van der Waals surface area contributed by atoms with Gasteiger partial charge < -0.3 is 19.7 Å². The molecule has 1 saturated heterocycles. The molecular weight excluding hydrogens is 290 g/mol. The van der Waals surface area contributed by atoms with E-state index in [1.54, 1.807) is 11.1 Å². The molecule has 0 unspecified atom stereocenters. The number of aromatic nitrogens is 2. The van der Waals surface area contributed by atoms with Crippen LogP contribution >= 0.6 is 0 Å². The van der Waals surface area contributed by atoms with Crippen LogP contribution in [0, 0.1) is 0 Å². The predicted octanol–water partition coefficient (Wildman–Crippen LogP) is 2.31. The van der Waals surface area contributed by atoms with Crippen LogP contribution in [-0.4, -0.2) is 58.6 Å². The summed E-state index contributed by atoms with van der Waals surface area (Å²) < 4.78 is 2.09. The van der Waals surface area contributed by atoms with E-state index in [2.05, 4.69) is 26.7 Å². The van der Waals surface area contributed by atoms with Gasteiger partial charge in [-0.2, -0.15) is 0 Å². The van der Waals surface area contributed by atoms with E-state index < -0.39 is 0 Å². The maximum Gasteiger partial charge on any atom is 0.317 e. The van der Waals surface area contributed by atoms with Crippen molar-refractivity contribution in [3.05, 3.63) is 18.2 Å². The molecule has 2 rings (SSSR count). The molecule has 1 N–H and O–H groups in total. The number of nitrogens with zero attached hydrogens (tertiary/aromatic N) is 4. The van der Waals surface area contributed by atoms with Gasteiger partial charge in [-0.1, -0.05) is 19.8 Å². The lowest BCUT2D eigenvalue weighted by Crippen LogP contribution is -2.42. The maximum atomic E-state index is 12.2. The Morgan fingerprint density at radius 2 is 2.00 bits per heavy atom. The second kappa shape index (κ2) is 9.55. The van der Waals surface area contributed by atoms with Gasteiger partial charge in [-0.05, 0) is 32.4 Å². The normalized spacial score (nSPS) is 16.1. The molecule has 2 amide bonds. The molecule has 6 nitrogen and oxygen atoms in total. The van der Waals surface area contributed by atoms with Crippen molar-refractivity contribution in [1.29, 1.82) is 0 Å². The fraction of sp³-hybridized carbons (Fsp3) is 0.765. The van der Waals surface area contributed by atoms with Crippen LogP contribution < -0.4 is 5.32 Å². The summed E-state index contributed by atoms with van der Waals surface area (Å²) in [5.74, 6) is 0.918. The number of hydrogen-bond acceptors (Lipinski definition) is 3. The topological polar surface area (TPSA) is 53.4 Å². The van der Waals surface area contributed by atoms with E-state index in [0.717, 1.165) is 31.9 Å². The summed E-state index contributed by atoms with van der Waals surface area (Å²) in [5.41, 5.74) is 0. The Labute approximate surface area is 139 Å². The number of likely N-dealkylation sites (tertiary alicyclic amines) is 1. The highest BCUT2D eigenvalue weighted by Crippen LogP contribution is 2.09. The van der Waals surface area contributed by atoms with Crippen molar-refractivity contribution in [1.82, 2.24) is 24.7 Å². The Hall–Kier alpha value is -1.56. The second-order valence-electron chi connectivity index (χ2n) is 6.37. The number of hydrogen-bond donors (Lipinski definition) is 1. The van der Waals surface area contributed by atoms with Crippen molar-refractivity contribution in [2.24, 2.45) is 0 Å². The van der Waals surface area contributed by atoms with E-state index in [4.69, 9.17) is 0 Å². The maximum absolute atomic E-state index is 12.2. The predicted molar refractivity (Wildman–Crippen MR) is 92.3 cm³/mol. The third-order valence-electron chi connectivity index (χ3n) is 4.46. The minimum atomic E-state index is -0.0223. The van der Waals surface area contributed by atoms with E-state index >= 15 is 0 Å². The molecule has 0 aliphatic carbocycles. The van der Waals surface area contributed by atoms with Crippen LogP contribution in [0.25, 0.3) is 0 Å². The van der Waals surface area contributed by atoms with Crippen molar-refractivity contribution in [2.75, 3.05) is 33.2 Å². The first-order valence-corrected chi connectivity index (χ1v) is 8.92. The van der Waals surface area contributed by atoms with Crippen LogP contribution in [0.3, 0.4) is 0 Å². The first-order chi connectivity index (χ1) is 11.2. The quantitative estimate of drug-likeness (QED) is 0.838. The zero-order chi connectivity index (χ0) is 16.5. The smallest absolute Gasteiger partial charge is 0.317 e. The molecule has 0 aromatic carbocycles. The van der Waals surface area contributed by atoms with Gasteiger partial charge in [0.05, 0.1) is 6.54 Å². The van der Waals surface area contributed by atoms with Crippen molar-refractivity contribution in [2.45, 2.75) is 52.1 Å². The van der Waals surface area contributed by atoms with E-state index in [-0.39, 0.29) is 6.03 Å². The number of rotatable bonds is 7. The average molecular weight is 321 g/mol. The molecule has 1 fully saturated rings. The Morgan fingerprint density at radius 1 is 1.26 bits per heavy atom. The molecule has 130 valence electrons. The molecule has 0 bridgehead atoms. The molecule has 0 saturated carbocycles. The van der Waals surface area contributed by atoms with Crippen molar-refractivity contribution in [3.8, 4) is 0 Å². The Kier molecular flexibility index (Phi) is 7.39. The minimum Gasteiger partial charge on any atom is -0.333 e. The number of likely N-dealkylation sites (N-methyl/N-ethyl adjacent to an activating group) is 1. The zero-order valence-electron chi connectivity index (χ0n) is 14.6. The molecule has 1 aromatic rings. The Bertz CT molecular complexity index is 465. The van der Waals surface area contributed by atoms with Crippen molar-refractivity contribution >= 4 is 6.03 Å². The van der Waals surface area contributed by atoms with E-state index in [1.807, 2.05) is 13.2 Å². The molecule has 0 spiro atoms. The third kappa shape index (κ3) is 5.86. The lowest BCUT2D eigenvalue weighted by atomic mass is 10.2. The molecular formula is C17H31N5O. The lowest BCUT2D eigenvalue weighted by molar-refractivity contribution is 0.195. The van der Waals surface area contributed by atoms with Gasteiger partial charge in [-0.15, -0.1) is 0 Å². The van der Waals surface area contributed by atoms with Gasteiger partial charge in [-0.3, -0.25) is 0 Å². The number of carbonyl (C=O) groups is 1. The number of nitrogens with one attached hydrogen (secondary N) is 1. The fourth-order valence-corrected chi connectivity index (χ4v) is 2.99. The van der Waals surface area contributed by atoms with Gasteiger partial charge in [0.1, 0.15) is 5.82 Å². The molecule has 1 aliphatic rings. The summed E-state index contributed by atoms with van der Waals surface area (Å²) >= 11 is 0. The van der Waals surface area contributed by atoms with Crippen LogP contribution in [0.5, 0.6) is 0 Å². The highest BCUT2D eigenvalue weighted by atomic mass is 16.2. The average Bonchev–Trinajstić information content (AvgIpc) is 2.83. The van der Waals surface area contributed by atoms with Gasteiger partial charge in [-0.25, -0.2) is 9.78 Å². The van der Waals surface area contributed by atoms with Gasteiger partial charge in [0, 0.05) is 39.1 Å². The van der Waals surface area contributed by atoms with E-state index in [1.165, 1.54) is 38.8 Å². The number of amides is 2. The fourth-order valence-electron chi connectivity index (χ4n) is 2.99. The number of aryl methyl sites for hydroxylation is 1. The van der Waals surface area contributed by atoms with Crippen LogP contribution in [0.2, 0.25) is 0 Å². The first kappa shape index (κ1) is 17.8. The van der Waals surface area contributed by atoms with Crippen molar-refractivity contribution in [3.63, 3.8) is 0 Å². The molecule has 1 aliphatic heterocycles. The summed E-state index contributed by atoms with van der Waals surface area (Å²) in [6.45, 7) is 7.65. The Balaban J connectivity index is 1.70. The molecule has 0 atom stereocenters. The zero-order valence-corrected chi connectivity index (χ0v) is 14.6. The minimum absolute atomic E-state index is 0.0223. The Morgan fingerprint density at radius 3 is 2.70 bits per heavy atom. The molecule has 2 heterocycles. The molecule has 6 heteroatoms. The van der Waals surface area contributed by atoms with Crippen LogP contribution in [-0.2, 0) is 13.1 Å². The third-order valence-corrected chi connectivity index (χ3v) is 4.46. The van der Waals surface area contributed by atoms with Gasteiger partial charge >= 0.3 is 6.03 Å². The second-order valence-corrected chi connectivity index (χ2v) is 6.37. The largest absolute Gasteiger partial charge is 0.333 e. The van der Waals surface area contributed by atoms with Gasteiger partial charge in [0.15, 0.2) is 0 Å². The SMILES string of the molecule is CCCn1ccnc1CNC(=O)N(C)CCN1CCCCCC1. The van der Waals surface area contributed by atoms with Gasteiger partial charge in [0.25, 0.3) is 0 Å². The van der Waals surface area contributed by atoms with Crippen LogP contribution in [0.15, 0.2) is 12.4 Å². The molecule has 23 heavy (non-hydrogen) atoms. The summed E-state index contributed by atoms with van der Waals surface area (Å²) in [6.07, 6.45) is 10.1. The van der Waals surface area contributed by atoms with E-state index in [0.29, 0.717) is 6.54 Å². The van der Waals surface area contributed by atoms with Gasteiger partial charge in [0.2, 0.25) is 0 Å². The summed E-state index contributed by atoms with van der Waals surface area (Å²) in [4.78, 5) is 20.8. The summed E-state index contributed by atoms with van der Waals surface area (Å²) in [7, 11) is 1.87. The molecule has 1 aromatic heterocycles. The standard InChI is InChI=1S/C17H31N5O/c1-3-9-22-12-8-18-16(22)15-19-17(23)20(2)13-14-21-10-6-4-5-7-11-21/h8,12H,3-7,9-11,13-15H2,1-2H3,(H,19,23). The number of imidazole rings is 1. The summed E-state index contributed by atoms with van der Waals surface area (Å²) in [5, 5.41) is 2.97.